The van der Waals surface area contributed by atoms with Crippen molar-refractivity contribution in [3.8, 4) is 5.75 Å². The van der Waals surface area contributed by atoms with Crippen LogP contribution in [0.15, 0.2) is 101 Å². The van der Waals surface area contributed by atoms with Gasteiger partial charge in [-0.2, -0.15) is 0 Å². The Labute approximate surface area is 254 Å². The van der Waals surface area contributed by atoms with Crippen LogP contribution in [0.4, 0.5) is 11.4 Å². The van der Waals surface area contributed by atoms with Crippen molar-refractivity contribution in [2.75, 3.05) is 16.8 Å². The van der Waals surface area contributed by atoms with Gasteiger partial charge in [-0.1, -0.05) is 83.3 Å². The minimum atomic E-state index is -0.704. The van der Waals surface area contributed by atoms with Gasteiger partial charge in [0.15, 0.2) is 6.61 Å². The lowest BCUT2D eigenvalue weighted by Crippen LogP contribution is -2.32. The van der Waals surface area contributed by atoms with Crippen LogP contribution in [0.1, 0.15) is 21.9 Å². The number of nitrogens with one attached hydrogen (secondary N) is 2. The number of H-pyrrole nitrogens is 1. The molecule has 2 aliphatic rings. The van der Waals surface area contributed by atoms with E-state index in [4.69, 9.17) is 4.74 Å². The Morgan fingerprint density at radius 2 is 1.70 bits per heavy atom. The van der Waals surface area contributed by atoms with Crippen molar-refractivity contribution >= 4 is 63.0 Å². The molecule has 8 nitrogen and oxygen atoms in total. The summed E-state index contributed by atoms with van der Waals surface area (Å²) in [5.41, 5.74) is 2.95. The smallest absolute Gasteiger partial charge is 0.305 e. The average molecular weight is 608 g/mol. The fourth-order valence-corrected chi connectivity index (χ4v) is 8.25. The van der Waals surface area contributed by atoms with E-state index in [0.29, 0.717) is 27.0 Å². The van der Waals surface area contributed by atoms with Gasteiger partial charge >= 0.3 is 4.87 Å². The van der Waals surface area contributed by atoms with Crippen LogP contribution < -0.4 is 19.8 Å². The molecule has 3 heterocycles. The maximum absolute atomic E-state index is 13.9. The summed E-state index contributed by atoms with van der Waals surface area (Å²) in [5, 5.41) is 4.89. The number of rotatable bonds is 6. The molecule has 3 amide bonds. The van der Waals surface area contributed by atoms with Crippen LogP contribution in [0.3, 0.4) is 0 Å². The monoisotopic (exact) mass is 607 g/mol. The highest BCUT2D eigenvalue weighted by Crippen LogP contribution is 2.53. The molecule has 1 aromatic heterocycles. The molecule has 0 aliphatic carbocycles. The first kappa shape index (κ1) is 27.2. The summed E-state index contributed by atoms with van der Waals surface area (Å²) < 4.78 is 5.87. The third-order valence-corrected chi connectivity index (χ3v) is 10.1. The van der Waals surface area contributed by atoms with E-state index in [1.165, 1.54) is 16.7 Å². The number of thioether (sulfide) groups is 1. The van der Waals surface area contributed by atoms with Gasteiger partial charge in [0.1, 0.15) is 11.0 Å². The largest absolute Gasteiger partial charge is 0.484 e. The number of nitrogens with zero attached hydrogens (tertiary/aromatic N) is 1. The number of thiazole rings is 1. The van der Waals surface area contributed by atoms with Gasteiger partial charge in [0, 0.05) is 16.5 Å². The number of carbonyl (C=O) groups is 3. The highest BCUT2D eigenvalue weighted by atomic mass is 32.2. The Morgan fingerprint density at radius 1 is 0.907 bits per heavy atom. The molecule has 2 aliphatic heterocycles. The predicted molar refractivity (Wildman–Crippen MR) is 168 cm³/mol. The van der Waals surface area contributed by atoms with Gasteiger partial charge in [-0.25, -0.2) is 4.90 Å². The van der Waals surface area contributed by atoms with Crippen LogP contribution in [-0.2, 0) is 14.4 Å². The predicted octanol–water partition coefficient (Wildman–Crippen LogP) is 5.71. The minimum Gasteiger partial charge on any atom is -0.484 e. The molecule has 0 saturated carbocycles. The lowest BCUT2D eigenvalue weighted by Gasteiger charge is -2.30. The summed E-state index contributed by atoms with van der Waals surface area (Å²) in [4.78, 5) is 57.3. The lowest BCUT2D eigenvalue weighted by atomic mass is 9.83. The second-order valence-electron chi connectivity index (χ2n) is 10.6. The molecule has 214 valence electrons. The number of anilines is 2. The van der Waals surface area contributed by atoms with Crippen molar-refractivity contribution in [1.29, 1.82) is 0 Å². The highest BCUT2D eigenvalue weighted by molar-refractivity contribution is 8.00. The molecular formula is C33H25N3O5S2. The van der Waals surface area contributed by atoms with Crippen LogP contribution in [0.25, 0.3) is 10.8 Å². The van der Waals surface area contributed by atoms with Gasteiger partial charge in [-0.05, 0) is 59.7 Å². The standard InChI is InChI=1S/C33H25N3O5S2/c1-18-9-13-23(14-10-18)36-31(38)27-26(28-30(35-33(40)43-28)42-29(27)32(36)39)21-7-4-8-24(16-21)41-17-25(37)34-22-12-11-19-5-2-3-6-20(19)15-22/h2-16,26-27,29H,17H2,1H3,(H,34,37)(H,35,40)/t26-,27?,29?/m1/s1. The fraction of sp³-hybridized carbons (Fsp3) is 0.152. The van der Waals surface area contributed by atoms with Crippen LogP contribution in [0, 0.1) is 12.8 Å². The van der Waals surface area contributed by atoms with Crippen LogP contribution in [-0.4, -0.2) is 34.6 Å². The van der Waals surface area contributed by atoms with Gasteiger partial charge in [-0.15, -0.1) is 0 Å². The first-order valence-electron chi connectivity index (χ1n) is 13.7. The summed E-state index contributed by atoms with van der Waals surface area (Å²) in [6, 6.07) is 28.1. The quantitative estimate of drug-likeness (QED) is 0.240. The molecule has 0 bridgehead atoms. The van der Waals surface area contributed by atoms with E-state index in [9.17, 15) is 19.2 Å². The van der Waals surface area contributed by atoms with Crippen LogP contribution in [0.2, 0.25) is 0 Å². The molecule has 10 heteroatoms. The van der Waals surface area contributed by atoms with Crippen LogP contribution >= 0.6 is 23.1 Å². The second-order valence-corrected chi connectivity index (χ2v) is 12.7. The number of aromatic amines is 1. The number of hydrogen-bond donors (Lipinski definition) is 2. The molecule has 0 radical (unpaired) electrons. The fourth-order valence-electron chi connectivity index (χ4n) is 5.74. The minimum absolute atomic E-state index is 0.218. The Hall–Kier alpha value is -4.67. The molecule has 3 atom stereocenters. The summed E-state index contributed by atoms with van der Waals surface area (Å²) >= 11 is 2.29. The molecule has 7 rings (SSSR count). The number of carbonyl (C=O) groups excluding carboxylic acids is 3. The van der Waals surface area contributed by atoms with Gasteiger partial charge < -0.3 is 15.0 Å². The Balaban J connectivity index is 1.14. The van der Waals surface area contributed by atoms with E-state index in [2.05, 4.69) is 10.3 Å². The van der Waals surface area contributed by atoms with E-state index >= 15 is 0 Å². The summed E-state index contributed by atoms with van der Waals surface area (Å²) in [6.07, 6.45) is 0. The second kappa shape index (κ2) is 10.9. The zero-order valence-corrected chi connectivity index (χ0v) is 24.5. The number of hydrogen-bond acceptors (Lipinski definition) is 7. The Morgan fingerprint density at radius 3 is 2.51 bits per heavy atom. The summed E-state index contributed by atoms with van der Waals surface area (Å²) in [5.74, 6) is -1.71. The molecule has 1 saturated heterocycles. The van der Waals surface area contributed by atoms with E-state index in [0.717, 1.165) is 33.2 Å². The van der Waals surface area contributed by atoms with Crippen LogP contribution in [0.5, 0.6) is 5.75 Å². The third-order valence-electron chi connectivity index (χ3n) is 7.74. The van der Waals surface area contributed by atoms with E-state index < -0.39 is 17.1 Å². The van der Waals surface area contributed by atoms with E-state index in [-0.39, 0.29) is 29.2 Å². The zero-order chi connectivity index (χ0) is 29.7. The number of amides is 3. The molecule has 0 spiro atoms. The molecule has 43 heavy (non-hydrogen) atoms. The summed E-state index contributed by atoms with van der Waals surface area (Å²) in [6.45, 7) is 1.73. The van der Waals surface area contributed by atoms with Gasteiger partial charge in [0.25, 0.3) is 5.91 Å². The first-order chi connectivity index (χ1) is 20.9. The highest BCUT2D eigenvalue weighted by Gasteiger charge is 2.56. The number of benzene rings is 4. The van der Waals surface area contributed by atoms with Gasteiger partial charge in [-0.3, -0.25) is 19.2 Å². The molecule has 1 fully saturated rings. The maximum Gasteiger partial charge on any atom is 0.305 e. The Kier molecular flexibility index (Phi) is 6.87. The maximum atomic E-state index is 13.9. The van der Waals surface area contributed by atoms with Crippen molar-refractivity contribution in [3.63, 3.8) is 0 Å². The van der Waals surface area contributed by atoms with Crippen molar-refractivity contribution in [1.82, 2.24) is 4.98 Å². The molecular weight excluding hydrogens is 583 g/mol. The first-order valence-corrected chi connectivity index (χ1v) is 15.4. The van der Waals surface area contributed by atoms with E-state index in [1.807, 2.05) is 67.6 Å². The van der Waals surface area contributed by atoms with Gasteiger partial charge in [0.05, 0.1) is 16.6 Å². The number of aromatic nitrogens is 1. The number of fused-ring (bicyclic) bond motifs is 3. The third kappa shape index (κ3) is 5.02. The van der Waals surface area contributed by atoms with Crippen molar-refractivity contribution < 1.29 is 19.1 Å². The number of aryl methyl sites for hydroxylation is 1. The average Bonchev–Trinajstić information content (AvgIpc) is 3.50. The molecule has 2 unspecified atom stereocenters. The topological polar surface area (TPSA) is 109 Å². The van der Waals surface area contributed by atoms with Crippen molar-refractivity contribution in [3.05, 3.63) is 117 Å². The number of imide groups is 1. The number of ether oxygens (including phenoxy) is 1. The van der Waals surface area contributed by atoms with Crippen molar-refractivity contribution in [2.45, 2.75) is 23.1 Å². The molecule has 4 aromatic carbocycles. The summed E-state index contributed by atoms with van der Waals surface area (Å²) in [7, 11) is 0. The van der Waals surface area contributed by atoms with Gasteiger partial charge in [0.2, 0.25) is 11.8 Å². The molecule has 2 N–H and O–H groups in total. The Bertz CT molecular complexity index is 1970. The molecule has 5 aromatic rings. The van der Waals surface area contributed by atoms with E-state index in [1.54, 1.807) is 30.3 Å². The zero-order valence-electron chi connectivity index (χ0n) is 22.9. The SMILES string of the molecule is Cc1ccc(N2C(=O)C3Sc4[nH]c(=O)sc4[C@H](c4cccc(OCC(=O)Nc5ccc6ccccc6c5)c4)C3C2=O)cc1. The van der Waals surface area contributed by atoms with Crippen molar-refractivity contribution in [2.24, 2.45) is 5.92 Å². The lowest BCUT2D eigenvalue weighted by molar-refractivity contribution is -0.122. The normalized spacial score (nSPS) is 19.3.